The fourth-order valence-corrected chi connectivity index (χ4v) is 1.25. The summed E-state index contributed by atoms with van der Waals surface area (Å²) >= 11 is 0. The van der Waals surface area contributed by atoms with Gasteiger partial charge in [-0.3, -0.25) is 0 Å². The number of pyridine rings is 1. The molecule has 1 N–H and O–H groups in total. The number of hydrogen-bond donors (Lipinski definition) is 1. The summed E-state index contributed by atoms with van der Waals surface area (Å²) in [4.78, 5) is 4.20. The predicted molar refractivity (Wildman–Crippen MR) is 51.3 cm³/mol. The van der Waals surface area contributed by atoms with Gasteiger partial charge in [0.05, 0.1) is 18.5 Å². The Balaban J connectivity index is 2.52. The lowest BCUT2D eigenvalue weighted by Gasteiger charge is -1.93. The van der Waals surface area contributed by atoms with Gasteiger partial charge in [0.15, 0.2) is 0 Å². The van der Waals surface area contributed by atoms with Crippen LogP contribution in [0.5, 0.6) is 0 Å². The smallest absolute Gasteiger partial charge is 0.137 e. The van der Waals surface area contributed by atoms with E-state index in [1.807, 2.05) is 34.9 Å². The van der Waals surface area contributed by atoms with Crippen LogP contribution < -0.4 is 0 Å². The first-order valence-electron chi connectivity index (χ1n) is 4.11. The predicted octanol–water partition coefficient (Wildman–Crippen LogP) is 1.34. The van der Waals surface area contributed by atoms with Gasteiger partial charge in [-0.25, -0.2) is 4.98 Å². The van der Waals surface area contributed by atoms with E-state index in [4.69, 9.17) is 5.11 Å². The van der Waals surface area contributed by atoms with E-state index in [0.29, 0.717) is 0 Å². The van der Waals surface area contributed by atoms with Crippen molar-refractivity contribution in [1.29, 1.82) is 0 Å². The highest BCUT2D eigenvalue weighted by atomic mass is 16.2. The van der Waals surface area contributed by atoms with Gasteiger partial charge < -0.3 is 9.51 Å². The third-order valence-corrected chi connectivity index (χ3v) is 1.84. The zero-order valence-corrected chi connectivity index (χ0v) is 7.09. The second-order valence-electron chi connectivity index (χ2n) is 2.70. The van der Waals surface area contributed by atoms with Crippen molar-refractivity contribution in [3.63, 3.8) is 0 Å². The molecule has 0 atom stereocenters. The molecule has 0 saturated carbocycles. The first-order chi connectivity index (χ1) is 6.42. The molecule has 0 aliphatic carbocycles. The fourth-order valence-electron chi connectivity index (χ4n) is 1.25. The summed E-state index contributed by atoms with van der Waals surface area (Å²) in [6, 6.07) is 5.84. The number of hydrogen-bond acceptors (Lipinski definition) is 2. The molecule has 0 fully saturated rings. The van der Waals surface area contributed by atoms with Gasteiger partial charge in [-0.15, -0.1) is 0 Å². The number of aliphatic hydroxyl groups excluding tert-OH is 1. The summed E-state index contributed by atoms with van der Waals surface area (Å²) < 4.78 is 1.96. The van der Waals surface area contributed by atoms with E-state index in [9.17, 15) is 0 Å². The molecule has 0 bridgehead atoms. The van der Waals surface area contributed by atoms with Crippen molar-refractivity contribution in [2.24, 2.45) is 0 Å². The zero-order chi connectivity index (χ0) is 9.10. The van der Waals surface area contributed by atoms with Crippen LogP contribution >= 0.6 is 0 Å². The minimum atomic E-state index is 0.0556. The van der Waals surface area contributed by atoms with Crippen molar-refractivity contribution in [1.82, 2.24) is 9.38 Å². The molecule has 3 nitrogen and oxygen atoms in total. The van der Waals surface area contributed by atoms with Crippen molar-refractivity contribution in [3.05, 3.63) is 42.4 Å². The molecule has 3 heteroatoms. The van der Waals surface area contributed by atoms with Crippen molar-refractivity contribution in [2.45, 2.75) is 0 Å². The van der Waals surface area contributed by atoms with E-state index in [0.717, 1.165) is 11.3 Å². The number of aromatic nitrogens is 2. The van der Waals surface area contributed by atoms with Crippen LogP contribution in [0.4, 0.5) is 0 Å². The average Bonchev–Trinajstić information content (AvgIpc) is 2.58. The summed E-state index contributed by atoms with van der Waals surface area (Å²) in [7, 11) is 0. The normalized spacial score (nSPS) is 11.5. The highest BCUT2D eigenvalue weighted by Gasteiger charge is 1.96. The Morgan fingerprint density at radius 1 is 1.46 bits per heavy atom. The largest absolute Gasteiger partial charge is 0.392 e. The van der Waals surface area contributed by atoms with Gasteiger partial charge in [-0.1, -0.05) is 12.1 Å². The maximum atomic E-state index is 8.62. The number of nitrogens with zero attached hydrogens (tertiary/aromatic N) is 2. The van der Waals surface area contributed by atoms with Gasteiger partial charge in [-0.2, -0.15) is 0 Å². The van der Waals surface area contributed by atoms with Gasteiger partial charge in [0.1, 0.15) is 5.65 Å². The zero-order valence-electron chi connectivity index (χ0n) is 7.09. The molecule has 66 valence electrons. The van der Waals surface area contributed by atoms with Crippen LogP contribution in [0.3, 0.4) is 0 Å². The van der Waals surface area contributed by atoms with E-state index in [-0.39, 0.29) is 6.61 Å². The molecule has 0 aliphatic rings. The summed E-state index contributed by atoms with van der Waals surface area (Å²) in [5.74, 6) is 0. The molecule has 13 heavy (non-hydrogen) atoms. The molecular formula is C10H10N2O. The molecule has 0 radical (unpaired) electrons. The van der Waals surface area contributed by atoms with Crippen molar-refractivity contribution in [2.75, 3.05) is 6.61 Å². The van der Waals surface area contributed by atoms with Crippen molar-refractivity contribution < 1.29 is 5.11 Å². The second kappa shape index (κ2) is 3.41. The number of imidazole rings is 1. The molecular weight excluding hydrogens is 164 g/mol. The molecule has 0 aromatic carbocycles. The molecule has 0 amide bonds. The Morgan fingerprint density at radius 2 is 2.38 bits per heavy atom. The van der Waals surface area contributed by atoms with Crippen LogP contribution in [0.1, 0.15) is 5.69 Å². The Labute approximate surface area is 76.0 Å². The van der Waals surface area contributed by atoms with E-state index < -0.39 is 0 Å². The van der Waals surface area contributed by atoms with Crippen LogP contribution in [-0.2, 0) is 0 Å². The average molecular weight is 174 g/mol. The molecule has 0 spiro atoms. The van der Waals surface area contributed by atoms with E-state index in [2.05, 4.69) is 4.98 Å². The maximum absolute atomic E-state index is 8.62. The lowest BCUT2D eigenvalue weighted by atomic mass is 10.4. The quantitative estimate of drug-likeness (QED) is 0.746. The van der Waals surface area contributed by atoms with Crippen LogP contribution in [0.25, 0.3) is 11.7 Å². The second-order valence-corrected chi connectivity index (χ2v) is 2.70. The van der Waals surface area contributed by atoms with E-state index >= 15 is 0 Å². The number of aliphatic hydroxyl groups is 1. The Morgan fingerprint density at radius 3 is 3.23 bits per heavy atom. The van der Waals surface area contributed by atoms with Crippen LogP contribution in [0, 0.1) is 0 Å². The van der Waals surface area contributed by atoms with Crippen LogP contribution in [-0.4, -0.2) is 21.1 Å². The summed E-state index contributed by atoms with van der Waals surface area (Å²) in [6.07, 6.45) is 7.26. The highest BCUT2D eigenvalue weighted by molar-refractivity contribution is 5.52. The first kappa shape index (κ1) is 8.01. The number of rotatable bonds is 2. The Bertz CT molecular complexity index is 431. The van der Waals surface area contributed by atoms with Gasteiger partial charge in [0.2, 0.25) is 0 Å². The molecule has 2 rings (SSSR count). The topological polar surface area (TPSA) is 37.5 Å². The van der Waals surface area contributed by atoms with Gasteiger partial charge in [-0.05, 0) is 18.2 Å². The Kier molecular flexibility index (Phi) is 2.10. The van der Waals surface area contributed by atoms with Crippen molar-refractivity contribution >= 4 is 11.7 Å². The molecule has 2 aromatic rings. The lowest BCUT2D eigenvalue weighted by molar-refractivity contribution is 0.343. The summed E-state index contributed by atoms with van der Waals surface area (Å²) in [6.45, 7) is 0.0556. The van der Waals surface area contributed by atoms with Crippen molar-refractivity contribution in [3.8, 4) is 0 Å². The molecule has 0 aliphatic heterocycles. The van der Waals surface area contributed by atoms with Crippen LogP contribution in [0.2, 0.25) is 0 Å². The fraction of sp³-hybridized carbons (Fsp3) is 0.100. The molecule has 0 saturated heterocycles. The molecule has 2 aromatic heterocycles. The summed E-state index contributed by atoms with van der Waals surface area (Å²) in [5, 5.41) is 8.62. The Hall–Kier alpha value is -1.61. The SMILES string of the molecule is OCC=Cc1cnc2ccccn12. The minimum Gasteiger partial charge on any atom is -0.392 e. The molecule has 0 unspecified atom stereocenters. The number of fused-ring (bicyclic) bond motifs is 1. The third-order valence-electron chi connectivity index (χ3n) is 1.84. The van der Waals surface area contributed by atoms with Gasteiger partial charge >= 0.3 is 0 Å². The van der Waals surface area contributed by atoms with Gasteiger partial charge in [0, 0.05) is 6.20 Å². The van der Waals surface area contributed by atoms with Gasteiger partial charge in [0.25, 0.3) is 0 Å². The van der Waals surface area contributed by atoms with E-state index in [1.165, 1.54) is 0 Å². The van der Waals surface area contributed by atoms with E-state index in [1.54, 1.807) is 12.3 Å². The first-order valence-corrected chi connectivity index (χ1v) is 4.11. The molecule has 2 heterocycles. The lowest BCUT2D eigenvalue weighted by Crippen LogP contribution is -1.85. The maximum Gasteiger partial charge on any atom is 0.137 e. The minimum absolute atomic E-state index is 0.0556. The standard InChI is InChI=1S/C10H10N2O/c13-7-3-4-9-8-11-10-5-1-2-6-12(9)10/h1-6,8,13H,7H2. The summed E-state index contributed by atoms with van der Waals surface area (Å²) in [5.41, 5.74) is 1.89. The van der Waals surface area contributed by atoms with Crippen LogP contribution in [0.15, 0.2) is 36.7 Å². The third kappa shape index (κ3) is 1.46. The monoisotopic (exact) mass is 174 g/mol. The highest BCUT2D eigenvalue weighted by Crippen LogP contribution is 2.06.